The summed E-state index contributed by atoms with van der Waals surface area (Å²) in [5.74, 6) is 0.418. The van der Waals surface area contributed by atoms with Crippen molar-refractivity contribution in [2.24, 2.45) is 9.98 Å². The van der Waals surface area contributed by atoms with Crippen LogP contribution in [-0.4, -0.2) is 39.5 Å². The monoisotopic (exact) mass is 410 g/mol. The molecular weight excluding hydrogens is 396 g/mol. The van der Waals surface area contributed by atoms with E-state index in [0.29, 0.717) is 33.0 Å². The number of rotatable bonds is 3. The van der Waals surface area contributed by atoms with E-state index in [2.05, 4.69) is 49.8 Å². The number of thiazole rings is 1. The normalized spacial score (nSPS) is 11.1. The summed E-state index contributed by atoms with van der Waals surface area (Å²) in [6, 6.07) is 3.61. The highest BCUT2D eigenvalue weighted by molar-refractivity contribution is 7.19. The van der Waals surface area contributed by atoms with Crippen molar-refractivity contribution in [1.82, 2.24) is 19.9 Å². The first-order valence-electron chi connectivity index (χ1n) is 7.95. The molecule has 0 N–H and O–H groups in total. The fourth-order valence-electron chi connectivity index (χ4n) is 2.50. The van der Waals surface area contributed by atoms with Crippen LogP contribution in [0.2, 0.25) is 5.15 Å². The maximum absolute atomic E-state index is 6.42. The molecule has 9 heteroatoms. The summed E-state index contributed by atoms with van der Waals surface area (Å²) in [6.45, 7) is 9.54. The lowest BCUT2D eigenvalue weighted by Gasteiger charge is -2.04. The van der Waals surface area contributed by atoms with E-state index in [9.17, 15) is 0 Å². The standard InChI is InChI=1S/C17H11ClN6OS.C2H4/c1-19-16(20-2)11-5-12-10(3-4-25-12)13(23-11)14-15(18)24-17(26-14)9-6-21-8-22-7-9;1-2/h3-8H,1H2,2H3;1-2H2. The van der Waals surface area contributed by atoms with Gasteiger partial charge in [-0.2, -0.15) is 0 Å². The van der Waals surface area contributed by atoms with E-state index >= 15 is 0 Å². The lowest BCUT2D eigenvalue weighted by atomic mass is 10.2. The van der Waals surface area contributed by atoms with Crippen LogP contribution in [0, 0.1) is 0 Å². The Morgan fingerprint density at radius 3 is 2.64 bits per heavy atom. The lowest BCUT2D eigenvalue weighted by molar-refractivity contribution is 0.615. The van der Waals surface area contributed by atoms with E-state index in [1.807, 2.05) is 6.07 Å². The predicted octanol–water partition coefficient (Wildman–Crippen LogP) is 4.94. The third kappa shape index (κ3) is 3.60. The summed E-state index contributed by atoms with van der Waals surface area (Å²) >= 11 is 7.82. The Morgan fingerprint density at radius 1 is 1.21 bits per heavy atom. The molecule has 0 amide bonds. The molecule has 4 aromatic rings. The number of amidine groups is 1. The molecule has 0 aromatic carbocycles. The van der Waals surface area contributed by atoms with Crippen molar-refractivity contribution in [3.8, 4) is 21.1 Å². The van der Waals surface area contributed by atoms with Gasteiger partial charge in [0.05, 0.1) is 16.8 Å². The second-order valence-electron chi connectivity index (χ2n) is 5.16. The van der Waals surface area contributed by atoms with Crippen LogP contribution in [0.3, 0.4) is 0 Å². The van der Waals surface area contributed by atoms with Crippen molar-refractivity contribution in [1.29, 1.82) is 0 Å². The SMILES string of the molecule is C=C.C=NC(=NC)c1cc2occc2c(-c2sc(-c3cncnc3)nc2Cl)n1. The van der Waals surface area contributed by atoms with Gasteiger partial charge < -0.3 is 4.42 Å². The fourth-order valence-corrected chi connectivity index (χ4v) is 3.78. The molecule has 140 valence electrons. The summed E-state index contributed by atoms with van der Waals surface area (Å²) in [6.07, 6.45) is 6.44. The quantitative estimate of drug-likeness (QED) is 0.271. The number of furan rings is 1. The first-order chi connectivity index (χ1) is 13.7. The van der Waals surface area contributed by atoms with Crippen LogP contribution in [-0.2, 0) is 0 Å². The Balaban J connectivity index is 0.00000109. The van der Waals surface area contributed by atoms with Crippen molar-refractivity contribution in [3.63, 3.8) is 0 Å². The van der Waals surface area contributed by atoms with Crippen molar-refractivity contribution in [2.45, 2.75) is 0 Å². The summed E-state index contributed by atoms with van der Waals surface area (Å²) in [7, 11) is 1.63. The average Bonchev–Trinajstić information content (AvgIpc) is 3.37. The molecule has 0 bridgehead atoms. The molecule has 0 unspecified atom stereocenters. The Morgan fingerprint density at radius 2 is 1.96 bits per heavy atom. The summed E-state index contributed by atoms with van der Waals surface area (Å²) < 4.78 is 5.56. The zero-order valence-electron chi connectivity index (χ0n) is 15.0. The van der Waals surface area contributed by atoms with E-state index < -0.39 is 0 Å². The summed E-state index contributed by atoms with van der Waals surface area (Å²) in [4.78, 5) is 25.9. The number of nitrogens with zero attached hydrogens (tertiary/aromatic N) is 6. The number of aliphatic imine (C=N–C) groups is 2. The summed E-state index contributed by atoms with van der Waals surface area (Å²) in [5, 5.41) is 1.89. The van der Waals surface area contributed by atoms with Gasteiger partial charge in [0.2, 0.25) is 0 Å². The number of hydrogen-bond donors (Lipinski definition) is 0. The van der Waals surface area contributed by atoms with Gasteiger partial charge in [0.15, 0.2) is 5.84 Å². The number of aromatic nitrogens is 4. The zero-order chi connectivity index (χ0) is 20.1. The largest absolute Gasteiger partial charge is 0.464 e. The third-order valence-electron chi connectivity index (χ3n) is 3.65. The van der Waals surface area contributed by atoms with Crippen molar-refractivity contribution in [3.05, 3.63) is 61.1 Å². The summed E-state index contributed by atoms with van der Waals surface area (Å²) in [5.41, 5.74) is 2.65. The third-order valence-corrected chi connectivity index (χ3v) is 5.15. The van der Waals surface area contributed by atoms with Crippen molar-refractivity contribution >= 4 is 46.5 Å². The molecule has 0 saturated carbocycles. The minimum atomic E-state index is 0.350. The molecule has 0 radical (unpaired) electrons. The van der Waals surface area contributed by atoms with E-state index in [4.69, 9.17) is 16.0 Å². The number of pyridine rings is 1. The molecule has 4 aromatic heterocycles. The maximum Gasteiger partial charge on any atom is 0.172 e. The van der Waals surface area contributed by atoms with E-state index in [0.717, 1.165) is 15.8 Å². The van der Waals surface area contributed by atoms with Crippen LogP contribution >= 0.6 is 22.9 Å². The van der Waals surface area contributed by atoms with Gasteiger partial charge in [-0.05, 0) is 12.8 Å². The van der Waals surface area contributed by atoms with E-state index in [1.54, 1.807) is 31.8 Å². The Bertz CT molecular complexity index is 1150. The van der Waals surface area contributed by atoms with Crippen LogP contribution in [0.4, 0.5) is 0 Å². The van der Waals surface area contributed by atoms with Crippen LogP contribution in [0.5, 0.6) is 0 Å². The first kappa shape index (κ1) is 19.5. The minimum absolute atomic E-state index is 0.350. The van der Waals surface area contributed by atoms with Crippen molar-refractivity contribution < 1.29 is 4.42 Å². The molecule has 0 fully saturated rings. The van der Waals surface area contributed by atoms with Gasteiger partial charge >= 0.3 is 0 Å². The Kier molecular flexibility index (Phi) is 6.03. The van der Waals surface area contributed by atoms with Gasteiger partial charge in [0.1, 0.15) is 27.8 Å². The highest BCUT2D eigenvalue weighted by Crippen LogP contribution is 2.40. The van der Waals surface area contributed by atoms with E-state index in [1.165, 1.54) is 17.7 Å². The molecule has 0 aliphatic heterocycles. The molecule has 0 aliphatic rings. The molecule has 0 spiro atoms. The molecule has 0 atom stereocenters. The molecule has 0 saturated heterocycles. The molecule has 7 nitrogen and oxygen atoms in total. The number of hydrogen-bond acceptors (Lipinski definition) is 7. The topological polar surface area (TPSA) is 89.4 Å². The number of halogens is 1. The van der Waals surface area contributed by atoms with Gasteiger partial charge in [-0.15, -0.1) is 24.5 Å². The Hall–Kier alpha value is -3.23. The van der Waals surface area contributed by atoms with Gasteiger partial charge in [0, 0.05) is 36.5 Å². The van der Waals surface area contributed by atoms with Crippen LogP contribution in [0.25, 0.3) is 32.1 Å². The van der Waals surface area contributed by atoms with Crippen LogP contribution < -0.4 is 0 Å². The smallest absolute Gasteiger partial charge is 0.172 e. The van der Waals surface area contributed by atoms with Crippen LogP contribution in [0.15, 0.2) is 64.7 Å². The maximum atomic E-state index is 6.42. The van der Waals surface area contributed by atoms with Gasteiger partial charge in [0.25, 0.3) is 0 Å². The highest BCUT2D eigenvalue weighted by atomic mass is 35.5. The first-order valence-corrected chi connectivity index (χ1v) is 9.15. The average molecular weight is 411 g/mol. The van der Waals surface area contributed by atoms with Crippen LogP contribution in [0.1, 0.15) is 5.69 Å². The Labute approximate surface area is 170 Å². The lowest BCUT2D eigenvalue weighted by Crippen LogP contribution is -2.01. The molecule has 28 heavy (non-hydrogen) atoms. The minimum Gasteiger partial charge on any atom is -0.464 e. The molecular formula is C19H15ClN6OS. The zero-order valence-corrected chi connectivity index (χ0v) is 16.5. The number of fused-ring (bicyclic) bond motifs is 1. The predicted molar refractivity (Wildman–Crippen MR) is 114 cm³/mol. The molecule has 4 rings (SSSR count). The van der Waals surface area contributed by atoms with Gasteiger partial charge in [-0.3, -0.25) is 4.99 Å². The van der Waals surface area contributed by atoms with Gasteiger partial charge in [-0.1, -0.05) is 11.6 Å². The second-order valence-corrected chi connectivity index (χ2v) is 6.52. The van der Waals surface area contributed by atoms with Crippen molar-refractivity contribution in [2.75, 3.05) is 7.05 Å². The molecule has 0 aliphatic carbocycles. The fraction of sp³-hybridized carbons (Fsp3) is 0.0526. The van der Waals surface area contributed by atoms with Gasteiger partial charge in [-0.25, -0.2) is 24.9 Å². The second kappa shape index (κ2) is 8.64. The highest BCUT2D eigenvalue weighted by Gasteiger charge is 2.20. The van der Waals surface area contributed by atoms with E-state index in [-0.39, 0.29) is 0 Å². The molecule has 4 heterocycles.